The van der Waals surface area contributed by atoms with Crippen LogP contribution in [0.5, 0.6) is 0 Å². The molecule has 4 aromatic rings. The highest BCUT2D eigenvalue weighted by atomic mass is 19.1. The zero-order chi connectivity index (χ0) is 19.8. The number of carbonyl (C=O) groups excluding carboxylic acids is 1. The van der Waals surface area contributed by atoms with Crippen molar-refractivity contribution in [3.8, 4) is 11.3 Å². The SMILES string of the molecule is O=C1c2[nH]nc(-c3ccccc3)c2C(c2ccccc2)N1Cc1ccc(F)cc1. The Morgan fingerprint density at radius 1 is 0.897 bits per heavy atom. The van der Waals surface area contributed by atoms with E-state index in [0.29, 0.717) is 12.2 Å². The number of aromatic amines is 1. The van der Waals surface area contributed by atoms with Crippen molar-refractivity contribution in [2.75, 3.05) is 0 Å². The van der Waals surface area contributed by atoms with Crippen molar-refractivity contribution in [2.45, 2.75) is 12.6 Å². The van der Waals surface area contributed by atoms with Gasteiger partial charge in [-0.1, -0.05) is 72.8 Å². The van der Waals surface area contributed by atoms with Crippen LogP contribution in [0.3, 0.4) is 0 Å². The van der Waals surface area contributed by atoms with E-state index in [1.54, 1.807) is 12.1 Å². The largest absolute Gasteiger partial charge is 0.322 e. The van der Waals surface area contributed by atoms with Crippen LogP contribution in [0, 0.1) is 5.82 Å². The first kappa shape index (κ1) is 17.4. The van der Waals surface area contributed by atoms with Gasteiger partial charge in [0.15, 0.2) is 0 Å². The molecule has 0 spiro atoms. The maximum atomic E-state index is 13.3. The van der Waals surface area contributed by atoms with Crippen LogP contribution in [-0.4, -0.2) is 21.0 Å². The molecule has 1 N–H and O–H groups in total. The summed E-state index contributed by atoms with van der Waals surface area (Å²) in [6, 6.07) is 25.8. The van der Waals surface area contributed by atoms with Crippen molar-refractivity contribution in [2.24, 2.45) is 0 Å². The number of hydrogen-bond donors (Lipinski definition) is 1. The van der Waals surface area contributed by atoms with Crippen LogP contribution in [0.4, 0.5) is 4.39 Å². The van der Waals surface area contributed by atoms with Crippen molar-refractivity contribution in [1.29, 1.82) is 0 Å². The molecule has 0 aliphatic carbocycles. The third-order valence-electron chi connectivity index (χ3n) is 5.29. The Morgan fingerprint density at radius 2 is 1.55 bits per heavy atom. The van der Waals surface area contributed by atoms with E-state index < -0.39 is 0 Å². The van der Waals surface area contributed by atoms with E-state index in [-0.39, 0.29) is 17.8 Å². The fourth-order valence-corrected chi connectivity index (χ4v) is 3.94. The van der Waals surface area contributed by atoms with E-state index in [1.807, 2.05) is 65.6 Å². The van der Waals surface area contributed by atoms with Gasteiger partial charge in [0.05, 0.1) is 11.7 Å². The Kier molecular flexibility index (Phi) is 4.21. The minimum atomic E-state index is -0.290. The summed E-state index contributed by atoms with van der Waals surface area (Å²) in [5.41, 5.74) is 5.03. The minimum Gasteiger partial charge on any atom is -0.322 e. The van der Waals surface area contributed by atoms with Gasteiger partial charge in [-0.05, 0) is 23.3 Å². The molecule has 3 aromatic carbocycles. The first-order valence-corrected chi connectivity index (χ1v) is 9.46. The molecule has 1 atom stereocenters. The summed E-state index contributed by atoms with van der Waals surface area (Å²) in [7, 11) is 0. The van der Waals surface area contributed by atoms with Gasteiger partial charge in [-0.2, -0.15) is 5.10 Å². The van der Waals surface area contributed by atoms with Crippen molar-refractivity contribution < 1.29 is 9.18 Å². The molecular weight excluding hydrogens is 365 g/mol. The molecular formula is C24H18FN3O. The number of H-pyrrole nitrogens is 1. The van der Waals surface area contributed by atoms with Crippen LogP contribution in [-0.2, 0) is 6.54 Å². The molecule has 1 unspecified atom stereocenters. The van der Waals surface area contributed by atoms with Crippen molar-refractivity contribution >= 4 is 5.91 Å². The second kappa shape index (κ2) is 7.02. The van der Waals surface area contributed by atoms with Crippen LogP contribution >= 0.6 is 0 Å². The number of amides is 1. The van der Waals surface area contributed by atoms with Gasteiger partial charge in [-0.15, -0.1) is 0 Å². The van der Waals surface area contributed by atoms with Crippen LogP contribution < -0.4 is 0 Å². The van der Waals surface area contributed by atoms with E-state index in [4.69, 9.17) is 0 Å². The zero-order valence-corrected chi connectivity index (χ0v) is 15.5. The molecule has 1 aliphatic rings. The Bertz CT molecular complexity index is 1150. The summed E-state index contributed by atoms with van der Waals surface area (Å²) in [5.74, 6) is -0.394. The van der Waals surface area contributed by atoms with Gasteiger partial charge in [0.2, 0.25) is 0 Å². The number of benzene rings is 3. The van der Waals surface area contributed by atoms with Gasteiger partial charge in [0, 0.05) is 17.7 Å². The quantitative estimate of drug-likeness (QED) is 0.541. The molecule has 0 saturated carbocycles. The van der Waals surface area contributed by atoms with Gasteiger partial charge >= 0.3 is 0 Å². The standard InChI is InChI=1S/C24H18FN3O/c25-19-13-11-16(12-14-19)15-28-23(18-9-5-2-6-10-18)20-21(17-7-3-1-4-8-17)26-27-22(20)24(28)29/h1-14,23H,15H2,(H,26,27). The van der Waals surface area contributed by atoms with E-state index in [2.05, 4.69) is 10.2 Å². The van der Waals surface area contributed by atoms with Crippen LogP contribution in [0.15, 0.2) is 84.9 Å². The minimum absolute atomic E-state index is 0.104. The summed E-state index contributed by atoms with van der Waals surface area (Å²) in [6.07, 6.45) is 0. The third kappa shape index (κ3) is 3.01. The molecule has 2 heterocycles. The highest BCUT2D eigenvalue weighted by Gasteiger charge is 2.42. The topological polar surface area (TPSA) is 49.0 Å². The molecule has 142 valence electrons. The summed E-state index contributed by atoms with van der Waals surface area (Å²) in [6.45, 7) is 0.384. The maximum absolute atomic E-state index is 13.3. The van der Waals surface area contributed by atoms with Crippen molar-refractivity contribution in [1.82, 2.24) is 15.1 Å². The summed E-state index contributed by atoms with van der Waals surface area (Å²) in [4.78, 5) is 15.1. The fourth-order valence-electron chi connectivity index (χ4n) is 3.94. The van der Waals surface area contributed by atoms with E-state index in [1.165, 1.54) is 12.1 Å². The molecule has 1 aromatic heterocycles. The van der Waals surface area contributed by atoms with E-state index in [0.717, 1.165) is 27.9 Å². The first-order valence-electron chi connectivity index (χ1n) is 9.46. The Morgan fingerprint density at radius 3 is 2.24 bits per heavy atom. The van der Waals surface area contributed by atoms with Gasteiger partial charge in [0.25, 0.3) is 5.91 Å². The molecule has 0 fully saturated rings. The summed E-state index contributed by atoms with van der Waals surface area (Å²) < 4.78 is 13.3. The number of aromatic nitrogens is 2. The van der Waals surface area contributed by atoms with Gasteiger partial charge < -0.3 is 4.90 Å². The Hall–Kier alpha value is -3.73. The Balaban J connectivity index is 1.63. The van der Waals surface area contributed by atoms with Gasteiger partial charge in [0.1, 0.15) is 11.5 Å². The van der Waals surface area contributed by atoms with E-state index >= 15 is 0 Å². The number of fused-ring (bicyclic) bond motifs is 1. The molecule has 0 saturated heterocycles. The average Bonchev–Trinajstić information content (AvgIpc) is 3.30. The molecule has 5 rings (SSSR count). The number of nitrogens with zero attached hydrogens (tertiary/aromatic N) is 2. The molecule has 1 amide bonds. The number of rotatable bonds is 4. The Labute approximate surface area is 167 Å². The van der Waals surface area contributed by atoms with Gasteiger partial charge in [-0.3, -0.25) is 9.89 Å². The molecule has 5 heteroatoms. The van der Waals surface area contributed by atoms with Crippen molar-refractivity contribution in [3.63, 3.8) is 0 Å². The maximum Gasteiger partial charge on any atom is 0.273 e. The van der Waals surface area contributed by atoms with Crippen LogP contribution in [0.25, 0.3) is 11.3 Å². The average molecular weight is 383 g/mol. The predicted molar refractivity (Wildman–Crippen MR) is 109 cm³/mol. The lowest BCUT2D eigenvalue weighted by Gasteiger charge is -2.26. The third-order valence-corrected chi connectivity index (χ3v) is 5.29. The second-order valence-corrected chi connectivity index (χ2v) is 7.10. The summed E-state index contributed by atoms with van der Waals surface area (Å²) >= 11 is 0. The smallest absolute Gasteiger partial charge is 0.273 e. The van der Waals surface area contributed by atoms with Gasteiger partial charge in [-0.25, -0.2) is 4.39 Å². The van der Waals surface area contributed by atoms with Crippen molar-refractivity contribution in [3.05, 3.63) is 113 Å². The number of hydrogen-bond acceptors (Lipinski definition) is 2. The molecule has 29 heavy (non-hydrogen) atoms. The predicted octanol–water partition coefficient (Wildman–Crippen LogP) is 4.96. The zero-order valence-electron chi connectivity index (χ0n) is 15.5. The van der Waals surface area contributed by atoms with Crippen LogP contribution in [0.2, 0.25) is 0 Å². The highest BCUT2D eigenvalue weighted by Crippen LogP contribution is 2.43. The molecule has 4 nitrogen and oxygen atoms in total. The normalized spacial score (nSPS) is 15.6. The molecule has 0 bridgehead atoms. The van der Waals surface area contributed by atoms with E-state index in [9.17, 15) is 9.18 Å². The lowest BCUT2D eigenvalue weighted by molar-refractivity contribution is 0.0730. The number of halogens is 1. The summed E-state index contributed by atoms with van der Waals surface area (Å²) in [5, 5.41) is 7.42. The first-order chi connectivity index (χ1) is 14.2. The lowest BCUT2D eigenvalue weighted by Crippen LogP contribution is -2.29. The molecule has 1 aliphatic heterocycles. The fraction of sp³-hybridized carbons (Fsp3) is 0.0833. The highest BCUT2D eigenvalue weighted by molar-refractivity contribution is 6.00. The lowest BCUT2D eigenvalue weighted by atomic mass is 9.96. The monoisotopic (exact) mass is 383 g/mol. The second-order valence-electron chi connectivity index (χ2n) is 7.10. The molecule has 0 radical (unpaired) electrons. The van der Waals surface area contributed by atoms with Crippen LogP contribution in [0.1, 0.15) is 33.2 Å². The number of nitrogens with one attached hydrogen (secondary N) is 1. The number of carbonyl (C=O) groups is 1.